The molecule has 2 heterocycles. The van der Waals surface area contributed by atoms with E-state index in [4.69, 9.17) is 19.4 Å². The Morgan fingerprint density at radius 3 is 2.21 bits per heavy atom. The van der Waals surface area contributed by atoms with Crippen LogP contribution in [0.1, 0.15) is 25.5 Å². The lowest BCUT2D eigenvalue weighted by atomic mass is 10.1. The van der Waals surface area contributed by atoms with Crippen LogP contribution < -0.4 is 14.5 Å². The Balaban J connectivity index is 1.66. The molecule has 0 unspecified atom stereocenters. The molecule has 4 rings (SSSR count). The minimum Gasteiger partial charge on any atom is -0.495 e. The Hall–Kier alpha value is -3.86. The number of hydrogen-bond donors (Lipinski definition) is 0. The molecule has 33 heavy (non-hydrogen) atoms. The lowest BCUT2D eigenvalue weighted by Gasteiger charge is -2.37. The number of benzene rings is 2. The maximum atomic E-state index is 12.7. The Kier molecular flexibility index (Phi) is 6.59. The first-order valence-electron chi connectivity index (χ1n) is 11.0. The number of rotatable bonds is 6. The van der Waals surface area contributed by atoms with Crippen LogP contribution in [-0.4, -0.2) is 55.3 Å². The first-order valence-corrected chi connectivity index (χ1v) is 11.0. The number of carbonyl (C=O) groups excluding carboxylic acids is 1. The smallest absolute Gasteiger partial charge is 0.329 e. The van der Waals surface area contributed by atoms with E-state index in [-0.39, 0.29) is 6.10 Å². The summed E-state index contributed by atoms with van der Waals surface area (Å²) in [6, 6.07) is 17.5. The van der Waals surface area contributed by atoms with Gasteiger partial charge in [-0.3, -0.25) is 4.79 Å². The van der Waals surface area contributed by atoms with Gasteiger partial charge in [-0.2, -0.15) is 5.26 Å². The minimum absolute atomic E-state index is 0.324. The van der Waals surface area contributed by atoms with Crippen LogP contribution in [0.5, 0.6) is 5.75 Å². The molecule has 8 nitrogen and oxygen atoms in total. The molecule has 1 saturated heterocycles. The molecule has 0 radical (unpaired) electrons. The van der Waals surface area contributed by atoms with E-state index in [1.165, 1.54) is 0 Å². The summed E-state index contributed by atoms with van der Waals surface area (Å²) in [7, 11) is 1.67. The standard InChI is InChI=1S/C25H27N5O3/c1-17(2)33-25(31)18(16-26)23-24(28-20-9-5-4-8-19(20)27-23)30-14-12-29(13-15-30)21-10-6-7-11-22(21)32-3/h4-11,17-18H,12-15H2,1-3H3/t18-/m0/s1. The van der Waals surface area contributed by atoms with E-state index in [2.05, 4.69) is 15.9 Å². The summed E-state index contributed by atoms with van der Waals surface area (Å²) in [4.78, 5) is 26.6. The average Bonchev–Trinajstić information content (AvgIpc) is 2.83. The lowest BCUT2D eigenvalue weighted by molar-refractivity contribution is -0.147. The first-order chi connectivity index (χ1) is 16.0. The largest absolute Gasteiger partial charge is 0.495 e. The fourth-order valence-electron chi connectivity index (χ4n) is 4.01. The third kappa shape index (κ3) is 4.67. The van der Waals surface area contributed by atoms with Gasteiger partial charge in [0.1, 0.15) is 11.4 Å². The molecule has 1 aliphatic heterocycles. The van der Waals surface area contributed by atoms with Crippen molar-refractivity contribution in [1.29, 1.82) is 5.26 Å². The maximum absolute atomic E-state index is 12.7. The SMILES string of the molecule is COc1ccccc1N1CCN(c2nc3ccccc3nc2[C@H](C#N)C(=O)OC(C)C)CC1. The third-order valence-corrected chi connectivity index (χ3v) is 5.57. The van der Waals surface area contributed by atoms with Crippen molar-refractivity contribution in [3.8, 4) is 11.8 Å². The molecule has 170 valence electrons. The Bertz CT molecular complexity index is 1180. The van der Waals surface area contributed by atoms with Crippen molar-refractivity contribution in [2.45, 2.75) is 25.9 Å². The number of carbonyl (C=O) groups is 1. The number of ether oxygens (including phenoxy) is 2. The molecule has 1 atom stereocenters. The normalized spacial score (nSPS) is 14.8. The second-order valence-electron chi connectivity index (χ2n) is 8.11. The van der Waals surface area contributed by atoms with E-state index in [1.807, 2.05) is 48.5 Å². The number of esters is 1. The van der Waals surface area contributed by atoms with Crippen molar-refractivity contribution in [3.63, 3.8) is 0 Å². The quantitative estimate of drug-likeness (QED) is 0.532. The van der Waals surface area contributed by atoms with E-state index in [9.17, 15) is 10.1 Å². The molecule has 8 heteroatoms. The van der Waals surface area contributed by atoms with Crippen LogP contribution in [0.4, 0.5) is 11.5 Å². The third-order valence-electron chi connectivity index (χ3n) is 5.57. The average molecular weight is 446 g/mol. The number of para-hydroxylation sites is 4. The number of nitriles is 1. The van der Waals surface area contributed by atoms with Gasteiger partial charge in [-0.1, -0.05) is 24.3 Å². The second-order valence-corrected chi connectivity index (χ2v) is 8.11. The van der Waals surface area contributed by atoms with Crippen LogP contribution in [0.25, 0.3) is 11.0 Å². The summed E-state index contributed by atoms with van der Waals surface area (Å²) in [6.07, 6.45) is -0.324. The number of fused-ring (bicyclic) bond motifs is 1. The molecule has 0 bridgehead atoms. The predicted molar refractivity (Wildman–Crippen MR) is 127 cm³/mol. The van der Waals surface area contributed by atoms with Crippen LogP contribution in [0.15, 0.2) is 48.5 Å². The van der Waals surface area contributed by atoms with Gasteiger partial charge in [0.2, 0.25) is 0 Å². The molecular weight excluding hydrogens is 418 g/mol. The maximum Gasteiger partial charge on any atom is 0.329 e. The monoisotopic (exact) mass is 445 g/mol. The summed E-state index contributed by atoms with van der Waals surface area (Å²) in [5.41, 5.74) is 2.74. The fourth-order valence-corrected chi connectivity index (χ4v) is 4.01. The van der Waals surface area contributed by atoms with Gasteiger partial charge >= 0.3 is 5.97 Å². The summed E-state index contributed by atoms with van der Waals surface area (Å²) in [6.45, 7) is 6.32. The van der Waals surface area contributed by atoms with E-state index < -0.39 is 11.9 Å². The summed E-state index contributed by atoms with van der Waals surface area (Å²) < 4.78 is 10.9. The van der Waals surface area contributed by atoms with E-state index >= 15 is 0 Å². The topological polar surface area (TPSA) is 91.6 Å². The molecule has 3 aromatic rings. The Morgan fingerprint density at radius 1 is 0.970 bits per heavy atom. The second kappa shape index (κ2) is 9.74. The molecule has 0 spiro atoms. The van der Waals surface area contributed by atoms with Gasteiger partial charge < -0.3 is 19.3 Å². The van der Waals surface area contributed by atoms with Crippen molar-refractivity contribution in [3.05, 3.63) is 54.2 Å². The van der Waals surface area contributed by atoms with E-state index in [0.29, 0.717) is 30.1 Å². The highest BCUT2D eigenvalue weighted by Gasteiger charge is 2.32. The zero-order valence-corrected chi connectivity index (χ0v) is 19.1. The van der Waals surface area contributed by atoms with Crippen LogP contribution in [0.2, 0.25) is 0 Å². The highest BCUT2D eigenvalue weighted by atomic mass is 16.5. The molecular formula is C25H27N5O3. The van der Waals surface area contributed by atoms with Gasteiger partial charge in [0.05, 0.1) is 36.0 Å². The number of aromatic nitrogens is 2. The van der Waals surface area contributed by atoms with Crippen molar-refractivity contribution in [2.24, 2.45) is 0 Å². The number of methoxy groups -OCH3 is 1. The van der Waals surface area contributed by atoms with Crippen molar-refractivity contribution in [1.82, 2.24) is 9.97 Å². The van der Waals surface area contributed by atoms with Crippen molar-refractivity contribution < 1.29 is 14.3 Å². The van der Waals surface area contributed by atoms with E-state index in [1.54, 1.807) is 21.0 Å². The van der Waals surface area contributed by atoms with Gasteiger partial charge in [-0.25, -0.2) is 9.97 Å². The van der Waals surface area contributed by atoms with Gasteiger partial charge in [0.25, 0.3) is 0 Å². The number of piperazine rings is 1. The highest BCUT2D eigenvalue weighted by Crippen LogP contribution is 2.32. The summed E-state index contributed by atoms with van der Waals surface area (Å²) >= 11 is 0. The predicted octanol–water partition coefficient (Wildman–Crippen LogP) is 3.52. The lowest BCUT2D eigenvalue weighted by Crippen LogP contribution is -2.47. The molecule has 0 aliphatic carbocycles. The van der Waals surface area contributed by atoms with Gasteiger partial charge in [-0.05, 0) is 38.1 Å². The van der Waals surface area contributed by atoms with Gasteiger partial charge in [0.15, 0.2) is 11.7 Å². The Morgan fingerprint density at radius 2 is 1.58 bits per heavy atom. The van der Waals surface area contributed by atoms with Crippen LogP contribution >= 0.6 is 0 Å². The van der Waals surface area contributed by atoms with Crippen LogP contribution in [0, 0.1) is 11.3 Å². The molecule has 2 aromatic carbocycles. The number of anilines is 2. The number of nitrogens with zero attached hydrogens (tertiary/aromatic N) is 5. The zero-order chi connectivity index (χ0) is 23.4. The van der Waals surface area contributed by atoms with Crippen molar-refractivity contribution in [2.75, 3.05) is 43.1 Å². The molecule has 0 saturated carbocycles. The number of hydrogen-bond acceptors (Lipinski definition) is 8. The van der Waals surface area contributed by atoms with Gasteiger partial charge in [0, 0.05) is 26.2 Å². The molecule has 1 fully saturated rings. The fraction of sp³-hybridized carbons (Fsp3) is 0.360. The zero-order valence-electron chi connectivity index (χ0n) is 19.1. The molecule has 1 aromatic heterocycles. The van der Waals surface area contributed by atoms with Crippen molar-refractivity contribution >= 4 is 28.5 Å². The summed E-state index contributed by atoms with van der Waals surface area (Å²) in [5, 5.41) is 9.85. The minimum atomic E-state index is -1.15. The molecule has 0 N–H and O–H groups in total. The van der Waals surface area contributed by atoms with E-state index in [0.717, 1.165) is 30.0 Å². The molecule has 0 amide bonds. The summed E-state index contributed by atoms with van der Waals surface area (Å²) in [5.74, 6) is -0.364. The Labute approximate surface area is 193 Å². The van der Waals surface area contributed by atoms with Crippen LogP contribution in [-0.2, 0) is 9.53 Å². The first kappa shape index (κ1) is 22.3. The molecule has 1 aliphatic rings. The van der Waals surface area contributed by atoms with Gasteiger partial charge in [-0.15, -0.1) is 0 Å². The highest BCUT2D eigenvalue weighted by molar-refractivity contribution is 5.85. The van der Waals surface area contributed by atoms with Crippen LogP contribution in [0.3, 0.4) is 0 Å².